The van der Waals surface area contributed by atoms with E-state index in [-0.39, 0.29) is 0 Å². The predicted molar refractivity (Wildman–Crippen MR) is 62.0 cm³/mol. The molecule has 15 heavy (non-hydrogen) atoms. The average Bonchev–Trinajstić information content (AvgIpc) is 2.19. The highest BCUT2D eigenvalue weighted by Gasteiger charge is 2.36. The Morgan fingerprint density at radius 3 is 2.67 bits per heavy atom. The molecule has 86 valence electrons. The number of hydrogen-bond acceptors (Lipinski definition) is 3. The first-order chi connectivity index (χ1) is 7.24. The van der Waals surface area contributed by atoms with Crippen molar-refractivity contribution in [3.8, 4) is 0 Å². The maximum absolute atomic E-state index is 5.32. The molecule has 0 bridgehead atoms. The minimum absolute atomic E-state index is 0.511. The molecular weight excluding hydrogens is 188 g/mol. The van der Waals surface area contributed by atoms with Crippen molar-refractivity contribution in [2.45, 2.75) is 31.0 Å². The zero-order valence-electron chi connectivity index (χ0n) is 9.85. The van der Waals surface area contributed by atoms with E-state index in [1.165, 1.54) is 19.4 Å². The number of likely N-dealkylation sites (N-methyl/N-ethyl adjacent to an activating group) is 1. The Morgan fingerprint density at radius 1 is 1.33 bits per heavy atom. The smallest absolute Gasteiger partial charge is 0.0601 e. The lowest BCUT2D eigenvalue weighted by Gasteiger charge is -2.47. The van der Waals surface area contributed by atoms with E-state index in [1.54, 1.807) is 0 Å². The van der Waals surface area contributed by atoms with Gasteiger partial charge in [-0.1, -0.05) is 6.08 Å². The van der Waals surface area contributed by atoms with Crippen LogP contribution in [0.2, 0.25) is 0 Å². The van der Waals surface area contributed by atoms with Crippen molar-refractivity contribution in [3.63, 3.8) is 0 Å². The number of ether oxygens (including phenoxy) is 1. The van der Waals surface area contributed by atoms with Crippen LogP contribution in [0, 0.1) is 0 Å². The van der Waals surface area contributed by atoms with Crippen molar-refractivity contribution >= 4 is 0 Å². The molecule has 1 heterocycles. The second kappa shape index (κ2) is 4.64. The Bertz CT molecular complexity index is 226. The van der Waals surface area contributed by atoms with Gasteiger partial charge >= 0.3 is 0 Å². The van der Waals surface area contributed by atoms with Crippen molar-refractivity contribution < 1.29 is 4.74 Å². The molecule has 2 fully saturated rings. The zero-order valence-corrected chi connectivity index (χ0v) is 9.85. The van der Waals surface area contributed by atoms with Crippen LogP contribution in [-0.4, -0.2) is 61.8 Å². The van der Waals surface area contributed by atoms with Gasteiger partial charge in [-0.05, 0) is 19.9 Å². The molecule has 2 rings (SSSR count). The molecule has 0 amide bonds. The van der Waals surface area contributed by atoms with Crippen molar-refractivity contribution in [1.29, 1.82) is 0 Å². The Morgan fingerprint density at radius 2 is 2.07 bits per heavy atom. The molecule has 1 aliphatic heterocycles. The van der Waals surface area contributed by atoms with Gasteiger partial charge in [0.1, 0.15) is 0 Å². The second-order valence-corrected chi connectivity index (χ2v) is 4.76. The van der Waals surface area contributed by atoms with Gasteiger partial charge in [0.2, 0.25) is 0 Å². The van der Waals surface area contributed by atoms with Crippen LogP contribution in [0.25, 0.3) is 0 Å². The van der Waals surface area contributed by atoms with E-state index in [1.807, 2.05) is 7.11 Å². The summed E-state index contributed by atoms with van der Waals surface area (Å²) < 4.78 is 5.32. The fraction of sp³-hybridized carbons (Fsp3) is 0.833. The Hall–Kier alpha value is -0.380. The fourth-order valence-electron chi connectivity index (χ4n) is 2.54. The third kappa shape index (κ3) is 2.25. The summed E-state index contributed by atoms with van der Waals surface area (Å²) in [5.41, 5.74) is 0. The lowest BCUT2D eigenvalue weighted by Crippen LogP contribution is -2.57. The minimum atomic E-state index is 0.511. The number of nitrogens with zero attached hydrogens (tertiary/aromatic N) is 2. The van der Waals surface area contributed by atoms with Crippen LogP contribution < -0.4 is 0 Å². The lowest BCUT2D eigenvalue weighted by molar-refractivity contribution is -0.0437. The molecule has 0 aromatic heterocycles. The third-order valence-corrected chi connectivity index (χ3v) is 3.92. The molecule has 0 aromatic rings. The largest absolute Gasteiger partial charge is 0.381 e. The van der Waals surface area contributed by atoms with E-state index in [0.717, 1.165) is 19.1 Å². The van der Waals surface area contributed by atoms with E-state index >= 15 is 0 Å². The second-order valence-electron chi connectivity index (χ2n) is 4.76. The monoisotopic (exact) mass is 210 g/mol. The van der Waals surface area contributed by atoms with Gasteiger partial charge in [0.15, 0.2) is 0 Å². The first-order valence-electron chi connectivity index (χ1n) is 5.84. The molecule has 0 N–H and O–H groups in total. The van der Waals surface area contributed by atoms with E-state index in [4.69, 9.17) is 4.74 Å². The van der Waals surface area contributed by atoms with Crippen LogP contribution in [-0.2, 0) is 4.74 Å². The van der Waals surface area contributed by atoms with E-state index in [2.05, 4.69) is 29.5 Å². The molecule has 1 saturated carbocycles. The van der Waals surface area contributed by atoms with Gasteiger partial charge in [-0.25, -0.2) is 0 Å². The van der Waals surface area contributed by atoms with Crippen LogP contribution >= 0.6 is 0 Å². The summed E-state index contributed by atoms with van der Waals surface area (Å²) in [6.07, 6.45) is 5.00. The van der Waals surface area contributed by atoms with Gasteiger partial charge in [-0.3, -0.25) is 9.80 Å². The summed E-state index contributed by atoms with van der Waals surface area (Å²) in [6.45, 7) is 7.40. The average molecular weight is 210 g/mol. The van der Waals surface area contributed by atoms with Crippen LogP contribution in [0.15, 0.2) is 12.7 Å². The van der Waals surface area contributed by atoms with Crippen molar-refractivity contribution in [2.75, 3.05) is 33.8 Å². The van der Waals surface area contributed by atoms with Gasteiger partial charge in [0.05, 0.1) is 6.10 Å². The molecule has 1 aliphatic carbocycles. The molecule has 1 saturated heterocycles. The number of rotatable bonds is 3. The SMILES string of the molecule is C=C[C@H]1CN(C2CC(OC)C2)CCN1C. The molecule has 1 atom stereocenters. The zero-order chi connectivity index (χ0) is 10.8. The van der Waals surface area contributed by atoms with Gasteiger partial charge in [-0.2, -0.15) is 0 Å². The van der Waals surface area contributed by atoms with Gasteiger partial charge in [0, 0.05) is 38.8 Å². The lowest BCUT2D eigenvalue weighted by atomic mass is 9.87. The van der Waals surface area contributed by atoms with Crippen molar-refractivity contribution in [3.05, 3.63) is 12.7 Å². The first-order valence-corrected chi connectivity index (χ1v) is 5.84. The van der Waals surface area contributed by atoms with Crippen molar-refractivity contribution in [1.82, 2.24) is 9.80 Å². The normalized spacial score (nSPS) is 38.7. The molecular formula is C12H22N2O. The minimum Gasteiger partial charge on any atom is -0.381 e. The Kier molecular flexibility index (Phi) is 3.44. The quantitative estimate of drug-likeness (QED) is 0.645. The third-order valence-electron chi connectivity index (χ3n) is 3.92. The van der Waals surface area contributed by atoms with Gasteiger partial charge < -0.3 is 4.74 Å². The highest BCUT2D eigenvalue weighted by Crippen LogP contribution is 2.29. The Labute approximate surface area is 92.7 Å². The van der Waals surface area contributed by atoms with Crippen LogP contribution in [0.4, 0.5) is 0 Å². The molecule has 3 heteroatoms. The molecule has 2 aliphatic rings. The van der Waals surface area contributed by atoms with Crippen LogP contribution in [0.1, 0.15) is 12.8 Å². The maximum Gasteiger partial charge on any atom is 0.0601 e. The highest BCUT2D eigenvalue weighted by atomic mass is 16.5. The maximum atomic E-state index is 5.32. The standard InChI is InChI=1S/C12H22N2O/c1-4-10-9-14(6-5-13(10)2)11-7-12(8-11)15-3/h4,10-12H,1,5-9H2,2-3H3/t10-,11?,12?/m0/s1. The number of piperazine rings is 1. The summed E-state index contributed by atoms with van der Waals surface area (Å²) in [5.74, 6) is 0. The summed E-state index contributed by atoms with van der Waals surface area (Å²) >= 11 is 0. The summed E-state index contributed by atoms with van der Waals surface area (Å²) in [4.78, 5) is 4.98. The predicted octanol–water partition coefficient (Wildman–Crippen LogP) is 0.966. The fourth-order valence-corrected chi connectivity index (χ4v) is 2.54. The molecule has 0 unspecified atom stereocenters. The molecule has 0 spiro atoms. The summed E-state index contributed by atoms with van der Waals surface area (Å²) in [5, 5.41) is 0. The van der Waals surface area contributed by atoms with Gasteiger partial charge in [0.25, 0.3) is 0 Å². The summed E-state index contributed by atoms with van der Waals surface area (Å²) in [6, 6.07) is 1.28. The summed E-state index contributed by atoms with van der Waals surface area (Å²) in [7, 11) is 4.00. The van der Waals surface area contributed by atoms with Crippen molar-refractivity contribution in [2.24, 2.45) is 0 Å². The first kappa shape index (κ1) is 11.1. The highest BCUT2D eigenvalue weighted by molar-refractivity contribution is 4.97. The molecule has 3 nitrogen and oxygen atoms in total. The topological polar surface area (TPSA) is 15.7 Å². The number of hydrogen-bond donors (Lipinski definition) is 0. The van der Waals surface area contributed by atoms with Crippen LogP contribution in [0.3, 0.4) is 0 Å². The molecule has 0 aromatic carbocycles. The molecule has 0 radical (unpaired) electrons. The van der Waals surface area contributed by atoms with E-state index in [9.17, 15) is 0 Å². The van der Waals surface area contributed by atoms with E-state index < -0.39 is 0 Å². The van der Waals surface area contributed by atoms with E-state index in [0.29, 0.717) is 12.1 Å². The number of methoxy groups -OCH3 is 1. The van der Waals surface area contributed by atoms with Gasteiger partial charge in [-0.15, -0.1) is 6.58 Å². The Balaban J connectivity index is 1.82. The van der Waals surface area contributed by atoms with Crippen LogP contribution in [0.5, 0.6) is 0 Å².